The van der Waals surface area contributed by atoms with Gasteiger partial charge in [0.05, 0.1) is 18.5 Å². The molecular weight excluding hydrogens is 382 g/mol. The number of halogens is 2. The van der Waals surface area contributed by atoms with Crippen molar-refractivity contribution in [3.63, 3.8) is 0 Å². The minimum atomic E-state index is -0.284. The first kappa shape index (κ1) is 15.8. The van der Waals surface area contributed by atoms with Crippen LogP contribution in [-0.4, -0.2) is 22.4 Å². The third-order valence-electron chi connectivity index (χ3n) is 3.38. The maximum Gasteiger partial charge on any atom is 0.274 e. The Morgan fingerprint density at radius 1 is 1.35 bits per heavy atom. The highest BCUT2D eigenvalue weighted by Crippen LogP contribution is 2.28. The summed E-state index contributed by atoms with van der Waals surface area (Å²) in [6.45, 7) is 1.80. The van der Waals surface area contributed by atoms with Crippen molar-refractivity contribution in [2.75, 3.05) is 12.4 Å². The van der Waals surface area contributed by atoms with Gasteiger partial charge in [0.1, 0.15) is 17.1 Å². The van der Waals surface area contributed by atoms with Crippen LogP contribution in [0.5, 0.6) is 5.75 Å². The summed E-state index contributed by atoms with van der Waals surface area (Å²) in [4.78, 5) is 17.1. The van der Waals surface area contributed by atoms with Crippen molar-refractivity contribution in [1.82, 2.24) is 9.38 Å². The fourth-order valence-corrected chi connectivity index (χ4v) is 2.88. The summed E-state index contributed by atoms with van der Waals surface area (Å²) in [6, 6.07) is 8.77. The second-order valence-corrected chi connectivity index (χ2v) is 6.27. The fourth-order valence-electron chi connectivity index (χ4n) is 2.37. The Hall–Kier alpha value is -2.05. The van der Waals surface area contributed by atoms with Gasteiger partial charge in [-0.05, 0) is 53.2 Å². The van der Waals surface area contributed by atoms with Crippen LogP contribution in [0, 0.1) is 6.92 Å². The van der Waals surface area contributed by atoms with Gasteiger partial charge in [-0.15, -0.1) is 0 Å². The molecule has 2 heterocycles. The average molecular weight is 395 g/mol. The highest BCUT2D eigenvalue weighted by molar-refractivity contribution is 9.10. The molecule has 1 amide bonds. The number of amides is 1. The Balaban J connectivity index is 2.03. The number of carbonyl (C=O) groups excluding carboxylic acids is 1. The van der Waals surface area contributed by atoms with Crippen molar-refractivity contribution in [3.05, 3.63) is 57.4 Å². The first-order valence-corrected chi connectivity index (χ1v) is 7.96. The number of ether oxygens (including phenoxy) is 1. The lowest BCUT2D eigenvalue weighted by atomic mass is 10.2. The molecule has 0 spiro atoms. The molecule has 3 rings (SSSR count). The zero-order valence-corrected chi connectivity index (χ0v) is 14.8. The van der Waals surface area contributed by atoms with E-state index in [9.17, 15) is 4.79 Å². The van der Waals surface area contributed by atoms with Gasteiger partial charge in [0.25, 0.3) is 5.91 Å². The van der Waals surface area contributed by atoms with E-state index in [-0.39, 0.29) is 5.91 Å². The van der Waals surface area contributed by atoms with Crippen LogP contribution >= 0.6 is 27.5 Å². The first-order valence-electron chi connectivity index (χ1n) is 6.78. The summed E-state index contributed by atoms with van der Waals surface area (Å²) in [6.07, 6.45) is 1.81. The lowest BCUT2D eigenvalue weighted by Crippen LogP contribution is -2.16. The number of fused-ring (bicyclic) bond motifs is 1. The van der Waals surface area contributed by atoms with Gasteiger partial charge in [-0.3, -0.25) is 9.20 Å². The topological polar surface area (TPSA) is 55.6 Å². The number of nitrogens with zero attached hydrogens (tertiary/aromatic N) is 2. The van der Waals surface area contributed by atoms with E-state index in [1.165, 1.54) is 7.11 Å². The highest BCUT2D eigenvalue weighted by Gasteiger charge is 2.18. The number of hydrogen-bond donors (Lipinski definition) is 1. The SMILES string of the molecule is COc1ccc(Cl)cc1NC(=O)c1c(C)nc2ccc(Br)cn12. The first-order chi connectivity index (χ1) is 11.0. The van der Waals surface area contributed by atoms with E-state index in [0.29, 0.717) is 33.5 Å². The molecule has 1 aromatic carbocycles. The van der Waals surface area contributed by atoms with Crippen LogP contribution in [0.1, 0.15) is 16.2 Å². The van der Waals surface area contributed by atoms with Crippen LogP contribution in [-0.2, 0) is 0 Å². The largest absolute Gasteiger partial charge is 0.495 e. The number of hydrogen-bond acceptors (Lipinski definition) is 3. The number of nitrogens with one attached hydrogen (secondary N) is 1. The normalized spacial score (nSPS) is 10.8. The molecule has 0 saturated carbocycles. The van der Waals surface area contributed by atoms with Crippen molar-refractivity contribution in [2.45, 2.75) is 6.92 Å². The molecule has 0 aliphatic rings. The minimum absolute atomic E-state index is 0.284. The van der Waals surface area contributed by atoms with Crippen LogP contribution in [0.15, 0.2) is 41.0 Å². The molecule has 0 radical (unpaired) electrons. The highest BCUT2D eigenvalue weighted by atomic mass is 79.9. The Bertz CT molecular complexity index is 908. The van der Waals surface area contributed by atoms with E-state index in [0.717, 1.165) is 4.47 Å². The third-order valence-corrected chi connectivity index (χ3v) is 4.09. The van der Waals surface area contributed by atoms with E-state index in [1.54, 1.807) is 35.7 Å². The van der Waals surface area contributed by atoms with Gasteiger partial charge in [0, 0.05) is 15.7 Å². The van der Waals surface area contributed by atoms with Crippen molar-refractivity contribution in [3.8, 4) is 5.75 Å². The number of methoxy groups -OCH3 is 1. The lowest BCUT2D eigenvalue weighted by Gasteiger charge is -2.11. The van der Waals surface area contributed by atoms with Gasteiger partial charge in [0.15, 0.2) is 0 Å². The number of pyridine rings is 1. The van der Waals surface area contributed by atoms with Crippen LogP contribution in [0.25, 0.3) is 5.65 Å². The number of imidazole rings is 1. The number of aryl methyl sites for hydroxylation is 1. The zero-order chi connectivity index (χ0) is 16.6. The summed E-state index contributed by atoms with van der Waals surface area (Å²) in [7, 11) is 1.54. The smallest absolute Gasteiger partial charge is 0.274 e. The van der Waals surface area contributed by atoms with Gasteiger partial charge in [0.2, 0.25) is 0 Å². The Morgan fingerprint density at radius 2 is 2.13 bits per heavy atom. The van der Waals surface area contributed by atoms with E-state index < -0.39 is 0 Å². The minimum Gasteiger partial charge on any atom is -0.495 e. The summed E-state index contributed by atoms with van der Waals surface area (Å²) in [5.41, 5.74) is 2.31. The van der Waals surface area contributed by atoms with Gasteiger partial charge < -0.3 is 10.1 Å². The molecule has 1 N–H and O–H groups in total. The number of rotatable bonds is 3. The molecule has 0 aliphatic carbocycles. The van der Waals surface area contributed by atoms with Gasteiger partial charge >= 0.3 is 0 Å². The predicted octanol–water partition coefficient (Wildman–Crippen LogP) is 4.32. The molecule has 0 aliphatic heterocycles. The standard InChI is InChI=1S/C16H13BrClN3O2/c1-9-15(21-8-10(17)3-6-14(21)19-9)16(22)20-12-7-11(18)4-5-13(12)23-2/h3-8H,1-2H3,(H,20,22). The van der Waals surface area contributed by atoms with E-state index in [2.05, 4.69) is 26.2 Å². The van der Waals surface area contributed by atoms with Gasteiger partial charge in [-0.25, -0.2) is 4.98 Å². The Kier molecular flexibility index (Phi) is 4.28. The monoisotopic (exact) mass is 393 g/mol. The quantitative estimate of drug-likeness (QED) is 0.720. The Labute approximate surface area is 146 Å². The zero-order valence-electron chi connectivity index (χ0n) is 12.4. The number of anilines is 1. The van der Waals surface area contributed by atoms with E-state index in [4.69, 9.17) is 16.3 Å². The summed E-state index contributed by atoms with van der Waals surface area (Å²) in [5.74, 6) is 0.254. The maximum absolute atomic E-state index is 12.7. The van der Waals surface area contributed by atoms with Crippen LogP contribution in [0.3, 0.4) is 0 Å². The molecule has 7 heteroatoms. The molecule has 0 bridgehead atoms. The molecule has 2 aromatic heterocycles. The molecular formula is C16H13BrClN3O2. The second kappa shape index (κ2) is 6.22. The summed E-state index contributed by atoms with van der Waals surface area (Å²) in [5, 5.41) is 3.35. The third kappa shape index (κ3) is 3.04. The van der Waals surface area contributed by atoms with Crippen molar-refractivity contribution in [2.24, 2.45) is 0 Å². The molecule has 0 fully saturated rings. The summed E-state index contributed by atoms with van der Waals surface area (Å²) < 4.78 is 7.85. The lowest BCUT2D eigenvalue weighted by molar-refractivity contribution is 0.102. The predicted molar refractivity (Wildman–Crippen MR) is 93.6 cm³/mol. The van der Waals surface area contributed by atoms with Crippen LogP contribution in [0.4, 0.5) is 5.69 Å². The number of benzene rings is 1. The van der Waals surface area contributed by atoms with Crippen LogP contribution < -0.4 is 10.1 Å². The van der Waals surface area contributed by atoms with Crippen molar-refractivity contribution < 1.29 is 9.53 Å². The molecule has 0 saturated heterocycles. The van der Waals surface area contributed by atoms with Crippen molar-refractivity contribution in [1.29, 1.82) is 0 Å². The van der Waals surface area contributed by atoms with Gasteiger partial charge in [-0.1, -0.05) is 11.6 Å². The van der Waals surface area contributed by atoms with E-state index in [1.807, 2.05) is 12.1 Å². The second-order valence-electron chi connectivity index (χ2n) is 4.92. The molecule has 23 heavy (non-hydrogen) atoms. The molecule has 118 valence electrons. The number of aromatic nitrogens is 2. The molecule has 0 atom stereocenters. The average Bonchev–Trinajstić information content (AvgIpc) is 2.82. The maximum atomic E-state index is 12.7. The molecule has 5 nitrogen and oxygen atoms in total. The van der Waals surface area contributed by atoms with Crippen LogP contribution in [0.2, 0.25) is 5.02 Å². The van der Waals surface area contributed by atoms with Gasteiger partial charge in [-0.2, -0.15) is 0 Å². The van der Waals surface area contributed by atoms with Crippen molar-refractivity contribution >= 4 is 44.8 Å². The fraction of sp³-hybridized carbons (Fsp3) is 0.125. The summed E-state index contributed by atoms with van der Waals surface area (Å²) >= 11 is 9.41. The molecule has 0 unspecified atom stereocenters. The molecule has 3 aromatic rings. The number of carbonyl (C=O) groups is 1. The Morgan fingerprint density at radius 3 is 2.87 bits per heavy atom. The van der Waals surface area contributed by atoms with E-state index >= 15 is 0 Å².